The number of aromatic nitrogens is 2. The van der Waals surface area contributed by atoms with Crippen molar-refractivity contribution in [1.82, 2.24) is 19.6 Å². The minimum absolute atomic E-state index is 0.206. The van der Waals surface area contributed by atoms with E-state index in [-0.39, 0.29) is 6.03 Å². The second-order valence-corrected chi connectivity index (χ2v) is 3.84. The van der Waals surface area contributed by atoms with Crippen molar-refractivity contribution in [2.24, 2.45) is 0 Å². The summed E-state index contributed by atoms with van der Waals surface area (Å²) in [6.45, 7) is 1.79. The van der Waals surface area contributed by atoms with E-state index in [0.717, 1.165) is 0 Å². The number of nitrogens with zero attached hydrogens (tertiary/aromatic N) is 4. The minimum Gasteiger partial charge on any atom is -0.465 e. The van der Waals surface area contributed by atoms with Gasteiger partial charge in [0.05, 0.1) is 0 Å². The number of hydrogen-bond acceptors (Lipinski definition) is 3. The largest absolute Gasteiger partial charge is 0.465 e. The van der Waals surface area contributed by atoms with E-state index in [0.29, 0.717) is 32.6 Å². The third kappa shape index (κ3) is 2.55. The Kier molecular flexibility index (Phi) is 3.27. The average Bonchev–Trinajstić information content (AvgIpc) is 2.71. The lowest BCUT2D eigenvalue weighted by Crippen LogP contribution is -2.39. The van der Waals surface area contributed by atoms with Gasteiger partial charge in [-0.15, -0.1) is 0 Å². The quantitative estimate of drug-likeness (QED) is 0.715. The van der Waals surface area contributed by atoms with E-state index in [1.54, 1.807) is 23.4 Å². The summed E-state index contributed by atoms with van der Waals surface area (Å²) in [5.74, 6) is 0. The molecule has 17 heavy (non-hydrogen) atoms. The number of carboxylic acid groups (broad SMARTS) is 1. The third-order valence-electron chi connectivity index (χ3n) is 2.74. The van der Waals surface area contributed by atoms with Crippen molar-refractivity contribution in [2.75, 3.05) is 26.2 Å². The van der Waals surface area contributed by atoms with E-state index in [1.807, 2.05) is 0 Å². The average molecular weight is 238 g/mol. The van der Waals surface area contributed by atoms with Crippen LogP contribution in [0.2, 0.25) is 0 Å². The van der Waals surface area contributed by atoms with Gasteiger partial charge in [0.15, 0.2) is 0 Å². The first kappa shape index (κ1) is 11.4. The minimum atomic E-state index is -0.932. The van der Waals surface area contributed by atoms with Crippen molar-refractivity contribution in [3.8, 4) is 0 Å². The number of hydrogen-bond donors (Lipinski definition) is 1. The van der Waals surface area contributed by atoms with Gasteiger partial charge in [0.2, 0.25) is 0 Å². The molecule has 7 heteroatoms. The summed E-state index contributed by atoms with van der Waals surface area (Å²) in [4.78, 5) is 25.7. The zero-order chi connectivity index (χ0) is 12.3. The zero-order valence-electron chi connectivity index (χ0n) is 9.32. The van der Waals surface area contributed by atoms with E-state index < -0.39 is 6.09 Å². The van der Waals surface area contributed by atoms with Gasteiger partial charge in [-0.05, 0) is 12.5 Å². The molecule has 1 saturated heterocycles. The fraction of sp³-hybridized carbons (Fsp3) is 0.500. The second-order valence-electron chi connectivity index (χ2n) is 3.84. The molecule has 1 aliphatic rings. The van der Waals surface area contributed by atoms with Crippen LogP contribution in [0.25, 0.3) is 0 Å². The highest BCUT2D eigenvalue weighted by Gasteiger charge is 2.22. The van der Waals surface area contributed by atoms with E-state index in [9.17, 15) is 9.59 Å². The summed E-state index contributed by atoms with van der Waals surface area (Å²) in [6, 6.07) is 1.47. The second kappa shape index (κ2) is 4.86. The molecule has 0 aromatic carbocycles. The van der Waals surface area contributed by atoms with Gasteiger partial charge < -0.3 is 14.9 Å². The van der Waals surface area contributed by atoms with Gasteiger partial charge in [0, 0.05) is 38.6 Å². The van der Waals surface area contributed by atoms with Gasteiger partial charge in [0.25, 0.3) is 0 Å². The van der Waals surface area contributed by atoms with Gasteiger partial charge in [-0.1, -0.05) is 0 Å². The van der Waals surface area contributed by atoms with Crippen molar-refractivity contribution in [3.05, 3.63) is 18.5 Å². The molecule has 2 rings (SSSR count). The number of amides is 2. The van der Waals surface area contributed by atoms with Gasteiger partial charge in [0.1, 0.15) is 0 Å². The first-order chi connectivity index (χ1) is 8.18. The summed E-state index contributed by atoms with van der Waals surface area (Å²) in [5.41, 5.74) is 0. The Morgan fingerprint density at radius 2 is 1.82 bits per heavy atom. The predicted molar refractivity (Wildman–Crippen MR) is 58.8 cm³/mol. The fourth-order valence-electron chi connectivity index (χ4n) is 1.83. The summed E-state index contributed by atoms with van der Waals surface area (Å²) in [7, 11) is 0. The molecule has 0 aliphatic carbocycles. The van der Waals surface area contributed by atoms with Gasteiger partial charge >= 0.3 is 12.1 Å². The molecule has 1 aliphatic heterocycles. The van der Waals surface area contributed by atoms with E-state index in [1.165, 1.54) is 9.58 Å². The van der Waals surface area contributed by atoms with Crippen LogP contribution in [0, 0.1) is 0 Å². The molecule has 0 radical (unpaired) electrons. The molecule has 2 amide bonds. The topological polar surface area (TPSA) is 78.7 Å². The molecular weight excluding hydrogens is 224 g/mol. The van der Waals surface area contributed by atoms with Crippen molar-refractivity contribution in [1.29, 1.82) is 0 Å². The fourth-order valence-corrected chi connectivity index (χ4v) is 1.83. The molecule has 7 nitrogen and oxygen atoms in total. The lowest BCUT2D eigenvalue weighted by Gasteiger charge is -2.20. The van der Waals surface area contributed by atoms with Gasteiger partial charge in [-0.2, -0.15) is 9.78 Å². The highest BCUT2D eigenvalue weighted by molar-refractivity contribution is 5.76. The van der Waals surface area contributed by atoms with Crippen LogP contribution in [0.15, 0.2) is 18.5 Å². The lowest BCUT2D eigenvalue weighted by atomic mass is 10.4. The maximum Gasteiger partial charge on any atom is 0.407 e. The monoisotopic (exact) mass is 238 g/mol. The molecule has 1 fully saturated rings. The van der Waals surface area contributed by atoms with Crippen LogP contribution in [-0.4, -0.2) is 63.0 Å². The molecule has 0 spiro atoms. The molecule has 0 bridgehead atoms. The SMILES string of the molecule is O=C(O)N1CCCN(C(=O)n2cccn2)CC1. The van der Waals surface area contributed by atoms with E-state index >= 15 is 0 Å². The Hall–Kier alpha value is -2.05. The lowest BCUT2D eigenvalue weighted by molar-refractivity contribution is 0.146. The zero-order valence-corrected chi connectivity index (χ0v) is 9.32. The van der Waals surface area contributed by atoms with Gasteiger partial charge in [-0.25, -0.2) is 9.59 Å². The first-order valence-electron chi connectivity index (χ1n) is 5.45. The van der Waals surface area contributed by atoms with Crippen molar-refractivity contribution >= 4 is 12.1 Å². The Balaban J connectivity index is 1.99. The van der Waals surface area contributed by atoms with Gasteiger partial charge in [-0.3, -0.25) is 0 Å². The molecule has 2 heterocycles. The van der Waals surface area contributed by atoms with Crippen LogP contribution >= 0.6 is 0 Å². The van der Waals surface area contributed by atoms with Crippen molar-refractivity contribution in [2.45, 2.75) is 6.42 Å². The molecule has 1 aromatic heterocycles. The maximum atomic E-state index is 12.0. The standard InChI is InChI=1S/C10H14N4O3/c15-9(14-6-1-3-11-14)12-4-2-5-13(8-7-12)10(16)17/h1,3,6H,2,4-5,7-8H2,(H,16,17). The predicted octanol–water partition coefficient (Wildman–Crippen LogP) is 0.537. The first-order valence-corrected chi connectivity index (χ1v) is 5.45. The van der Waals surface area contributed by atoms with Crippen LogP contribution in [0.1, 0.15) is 6.42 Å². The normalized spacial score (nSPS) is 16.7. The van der Waals surface area contributed by atoms with Crippen LogP contribution in [0.4, 0.5) is 9.59 Å². The maximum absolute atomic E-state index is 12.0. The smallest absolute Gasteiger partial charge is 0.407 e. The number of carbonyl (C=O) groups excluding carboxylic acids is 1. The highest BCUT2D eigenvalue weighted by Crippen LogP contribution is 2.05. The van der Waals surface area contributed by atoms with E-state index in [2.05, 4.69) is 5.10 Å². The summed E-state index contributed by atoms with van der Waals surface area (Å²) >= 11 is 0. The molecule has 0 unspecified atom stereocenters. The summed E-state index contributed by atoms with van der Waals surface area (Å²) < 4.78 is 1.26. The van der Waals surface area contributed by atoms with Crippen molar-refractivity contribution in [3.63, 3.8) is 0 Å². The molecule has 1 aromatic rings. The van der Waals surface area contributed by atoms with Crippen molar-refractivity contribution < 1.29 is 14.7 Å². The summed E-state index contributed by atoms with van der Waals surface area (Å²) in [6.07, 6.45) is 2.85. The Bertz CT molecular complexity index is 404. The molecule has 0 saturated carbocycles. The highest BCUT2D eigenvalue weighted by atomic mass is 16.4. The van der Waals surface area contributed by atoms with Crippen LogP contribution in [0.5, 0.6) is 0 Å². The van der Waals surface area contributed by atoms with Crippen LogP contribution in [-0.2, 0) is 0 Å². The number of rotatable bonds is 0. The Labute approximate surface area is 98.2 Å². The summed E-state index contributed by atoms with van der Waals surface area (Å²) in [5, 5.41) is 12.7. The Morgan fingerprint density at radius 3 is 2.47 bits per heavy atom. The third-order valence-corrected chi connectivity index (χ3v) is 2.74. The molecule has 0 atom stereocenters. The van der Waals surface area contributed by atoms with Crippen LogP contribution < -0.4 is 0 Å². The van der Waals surface area contributed by atoms with E-state index in [4.69, 9.17) is 5.11 Å². The molecule has 1 N–H and O–H groups in total. The number of carbonyl (C=O) groups is 2. The Morgan fingerprint density at radius 1 is 1.12 bits per heavy atom. The van der Waals surface area contributed by atoms with Crippen LogP contribution in [0.3, 0.4) is 0 Å². The molecule has 92 valence electrons. The molecular formula is C10H14N4O3.